The Morgan fingerprint density at radius 3 is 2.56 bits per heavy atom. The molecule has 5 nitrogen and oxygen atoms in total. The predicted molar refractivity (Wildman–Crippen MR) is 68.7 cm³/mol. The molecule has 2 amide bonds. The number of phenolic OH excluding ortho intramolecular Hbond substituents is 1. The van der Waals surface area contributed by atoms with Crippen molar-refractivity contribution in [3.8, 4) is 5.75 Å². The van der Waals surface area contributed by atoms with Crippen LogP contribution in [0.5, 0.6) is 5.75 Å². The van der Waals surface area contributed by atoms with Crippen molar-refractivity contribution in [1.29, 1.82) is 0 Å². The number of aromatic hydroxyl groups is 1. The summed E-state index contributed by atoms with van der Waals surface area (Å²) in [5.74, 6) is 0.0696. The number of para-hydroxylation sites is 2. The van der Waals surface area contributed by atoms with E-state index in [0.29, 0.717) is 18.8 Å². The smallest absolute Gasteiger partial charge is 0.322 e. The second kappa shape index (κ2) is 5.27. The van der Waals surface area contributed by atoms with Gasteiger partial charge in [0.2, 0.25) is 0 Å². The highest BCUT2D eigenvalue weighted by molar-refractivity contribution is 5.90. The van der Waals surface area contributed by atoms with E-state index in [-0.39, 0.29) is 24.0 Å². The Bertz CT molecular complexity index is 426. The summed E-state index contributed by atoms with van der Waals surface area (Å²) in [6.45, 7) is 5.00. The molecule has 1 saturated heterocycles. The van der Waals surface area contributed by atoms with Crippen molar-refractivity contribution in [1.82, 2.24) is 4.90 Å². The second-order valence-corrected chi connectivity index (χ2v) is 4.61. The maximum Gasteiger partial charge on any atom is 0.322 e. The molecule has 1 fully saturated rings. The van der Waals surface area contributed by atoms with Crippen LogP contribution in [0.4, 0.5) is 10.5 Å². The van der Waals surface area contributed by atoms with Gasteiger partial charge in [-0.1, -0.05) is 12.1 Å². The zero-order valence-corrected chi connectivity index (χ0v) is 10.6. The Balaban J connectivity index is 2.02. The van der Waals surface area contributed by atoms with Gasteiger partial charge in [0, 0.05) is 13.1 Å². The third-order valence-corrected chi connectivity index (χ3v) is 2.85. The molecule has 18 heavy (non-hydrogen) atoms. The molecule has 5 heteroatoms. The van der Waals surface area contributed by atoms with E-state index in [1.807, 2.05) is 13.8 Å². The molecule has 1 heterocycles. The maximum atomic E-state index is 12.1. The number of nitrogens with one attached hydrogen (secondary N) is 1. The van der Waals surface area contributed by atoms with Gasteiger partial charge in [0.15, 0.2) is 0 Å². The Labute approximate surface area is 106 Å². The SMILES string of the molecule is CC1CN(C(=O)Nc2ccccc2O)CC(C)O1. The Kier molecular flexibility index (Phi) is 3.72. The van der Waals surface area contributed by atoms with Gasteiger partial charge in [0.25, 0.3) is 0 Å². The topological polar surface area (TPSA) is 61.8 Å². The first-order chi connectivity index (χ1) is 8.56. The minimum Gasteiger partial charge on any atom is -0.506 e. The highest BCUT2D eigenvalue weighted by atomic mass is 16.5. The molecule has 1 aromatic rings. The molecule has 1 aliphatic rings. The molecule has 2 atom stereocenters. The molecule has 2 unspecified atom stereocenters. The predicted octanol–water partition coefficient (Wildman–Crippen LogP) is 2.03. The highest BCUT2D eigenvalue weighted by Gasteiger charge is 2.26. The molecule has 0 aliphatic carbocycles. The Morgan fingerprint density at radius 1 is 1.33 bits per heavy atom. The molecule has 1 aliphatic heterocycles. The van der Waals surface area contributed by atoms with Gasteiger partial charge in [-0.25, -0.2) is 4.79 Å². The standard InChI is InChI=1S/C13H18N2O3/c1-9-7-15(8-10(2)18-9)13(17)14-11-5-3-4-6-12(11)16/h3-6,9-10,16H,7-8H2,1-2H3,(H,14,17). The number of carbonyl (C=O) groups excluding carboxylic acids is 1. The third-order valence-electron chi connectivity index (χ3n) is 2.85. The first kappa shape index (κ1) is 12.7. The lowest BCUT2D eigenvalue weighted by molar-refractivity contribution is -0.0530. The molecule has 0 bridgehead atoms. The van der Waals surface area contributed by atoms with Crippen molar-refractivity contribution in [3.63, 3.8) is 0 Å². The number of phenols is 1. The summed E-state index contributed by atoms with van der Waals surface area (Å²) >= 11 is 0. The molecular weight excluding hydrogens is 232 g/mol. The maximum absolute atomic E-state index is 12.1. The molecule has 0 aromatic heterocycles. The van der Waals surface area contributed by atoms with Crippen LogP contribution in [-0.2, 0) is 4.74 Å². The van der Waals surface area contributed by atoms with Crippen LogP contribution in [0, 0.1) is 0 Å². The van der Waals surface area contributed by atoms with Crippen LogP contribution < -0.4 is 5.32 Å². The number of nitrogens with zero attached hydrogens (tertiary/aromatic N) is 1. The number of anilines is 1. The van der Waals surface area contributed by atoms with E-state index < -0.39 is 0 Å². The second-order valence-electron chi connectivity index (χ2n) is 4.61. The van der Waals surface area contributed by atoms with Crippen LogP contribution in [-0.4, -0.2) is 41.3 Å². The first-order valence-corrected chi connectivity index (χ1v) is 6.05. The normalized spacial score (nSPS) is 23.8. The zero-order valence-electron chi connectivity index (χ0n) is 10.6. The average Bonchev–Trinajstić information content (AvgIpc) is 2.31. The van der Waals surface area contributed by atoms with Crippen LogP contribution >= 0.6 is 0 Å². The Hall–Kier alpha value is -1.75. The van der Waals surface area contributed by atoms with E-state index >= 15 is 0 Å². The highest BCUT2D eigenvalue weighted by Crippen LogP contribution is 2.22. The number of rotatable bonds is 1. The molecule has 0 radical (unpaired) electrons. The van der Waals surface area contributed by atoms with E-state index in [4.69, 9.17) is 4.74 Å². The van der Waals surface area contributed by atoms with Gasteiger partial charge < -0.3 is 20.1 Å². The molecule has 0 spiro atoms. The number of benzene rings is 1. The van der Waals surface area contributed by atoms with Gasteiger partial charge in [0.1, 0.15) is 5.75 Å². The largest absolute Gasteiger partial charge is 0.506 e. The monoisotopic (exact) mass is 250 g/mol. The van der Waals surface area contributed by atoms with E-state index in [9.17, 15) is 9.90 Å². The van der Waals surface area contributed by atoms with Crippen molar-refractivity contribution in [2.75, 3.05) is 18.4 Å². The van der Waals surface area contributed by atoms with Crippen LogP contribution in [0.2, 0.25) is 0 Å². The quantitative estimate of drug-likeness (QED) is 0.750. The third kappa shape index (κ3) is 2.92. The van der Waals surface area contributed by atoms with E-state index in [2.05, 4.69) is 5.32 Å². The number of hydrogen-bond donors (Lipinski definition) is 2. The van der Waals surface area contributed by atoms with Gasteiger partial charge in [0.05, 0.1) is 17.9 Å². The van der Waals surface area contributed by atoms with Gasteiger partial charge >= 0.3 is 6.03 Å². The molecule has 2 rings (SSSR count). The fourth-order valence-electron chi connectivity index (χ4n) is 2.12. The lowest BCUT2D eigenvalue weighted by Gasteiger charge is -2.35. The van der Waals surface area contributed by atoms with Crippen molar-refractivity contribution in [2.24, 2.45) is 0 Å². The van der Waals surface area contributed by atoms with Crippen LogP contribution in [0.25, 0.3) is 0 Å². The van der Waals surface area contributed by atoms with Crippen LogP contribution in [0.1, 0.15) is 13.8 Å². The summed E-state index contributed by atoms with van der Waals surface area (Å²) in [5.41, 5.74) is 0.425. The van der Waals surface area contributed by atoms with Crippen LogP contribution in [0.15, 0.2) is 24.3 Å². The average molecular weight is 250 g/mol. The molecule has 98 valence electrons. The summed E-state index contributed by atoms with van der Waals surface area (Å²) in [5, 5.41) is 12.3. The first-order valence-electron chi connectivity index (χ1n) is 6.05. The van der Waals surface area contributed by atoms with Crippen molar-refractivity contribution >= 4 is 11.7 Å². The zero-order chi connectivity index (χ0) is 13.1. The van der Waals surface area contributed by atoms with Gasteiger partial charge in [-0.15, -0.1) is 0 Å². The van der Waals surface area contributed by atoms with Gasteiger partial charge in [-0.2, -0.15) is 0 Å². The van der Waals surface area contributed by atoms with Gasteiger partial charge in [-0.05, 0) is 26.0 Å². The number of urea groups is 1. The summed E-state index contributed by atoms with van der Waals surface area (Å²) in [4.78, 5) is 13.8. The number of amides is 2. The number of morpholine rings is 1. The molecule has 2 N–H and O–H groups in total. The van der Waals surface area contributed by atoms with E-state index in [0.717, 1.165) is 0 Å². The lowest BCUT2D eigenvalue weighted by atomic mass is 10.2. The van der Waals surface area contributed by atoms with Gasteiger partial charge in [-0.3, -0.25) is 0 Å². The summed E-state index contributed by atoms with van der Waals surface area (Å²) in [6.07, 6.45) is 0.0627. The lowest BCUT2D eigenvalue weighted by Crippen LogP contribution is -2.49. The minimum atomic E-state index is -0.210. The van der Waals surface area contributed by atoms with E-state index in [1.165, 1.54) is 0 Å². The van der Waals surface area contributed by atoms with Crippen molar-refractivity contribution in [2.45, 2.75) is 26.1 Å². The van der Waals surface area contributed by atoms with Crippen molar-refractivity contribution in [3.05, 3.63) is 24.3 Å². The molecule has 0 saturated carbocycles. The van der Waals surface area contributed by atoms with E-state index in [1.54, 1.807) is 29.2 Å². The molecular formula is C13H18N2O3. The Morgan fingerprint density at radius 2 is 1.94 bits per heavy atom. The summed E-state index contributed by atoms with van der Waals surface area (Å²) in [6, 6.07) is 6.48. The summed E-state index contributed by atoms with van der Waals surface area (Å²) in [7, 11) is 0. The molecule has 1 aromatic carbocycles. The van der Waals surface area contributed by atoms with Crippen LogP contribution in [0.3, 0.4) is 0 Å². The minimum absolute atomic E-state index is 0.0314. The van der Waals surface area contributed by atoms with Crippen molar-refractivity contribution < 1.29 is 14.6 Å². The number of carbonyl (C=O) groups is 1. The number of ether oxygens (including phenoxy) is 1. The fraction of sp³-hybridized carbons (Fsp3) is 0.462. The fourth-order valence-corrected chi connectivity index (χ4v) is 2.12. The summed E-state index contributed by atoms with van der Waals surface area (Å²) < 4.78 is 5.57. The number of hydrogen-bond acceptors (Lipinski definition) is 3.